The van der Waals surface area contributed by atoms with Gasteiger partial charge in [0.1, 0.15) is 0 Å². The fraction of sp³-hybridized carbons (Fsp3) is 0.0625. The van der Waals surface area contributed by atoms with E-state index in [-0.39, 0.29) is 21.5 Å². The van der Waals surface area contributed by atoms with Gasteiger partial charge in [0, 0.05) is 22.3 Å². The van der Waals surface area contributed by atoms with Crippen molar-refractivity contribution in [3.8, 4) is 0 Å². The van der Waals surface area contributed by atoms with Gasteiger partial charge < -0.3 is 0 Å². The zero-order chi connectivity index (χ0) is 19.5. The maximum Gasteiger partial charge on any atom is 0.263 e. The Labute approximate surface area is 166 Å². The highest BCUT2D eigenvalue weighted by molar-refractivity contribution is 7.93. The van der Waals surface area contributed by atoms with E-state index in [0.717, 1.165) is 11.3 Å². The summed E-state index contributed by atoms with van der Waals surface area (Å²) in [7, 11) is -7.50. The van der Waals surface area contributed by atoms with Gasteiger partial charge in [-0.15, -0.1) is 11.3 Å². The Morgan fingerprint density at radius 1 is 0.963 bits per heavy atom. The van der Waals surface area contributed by atoms with Crippen LogP contribution in [-0.4, -0.2) is 21.8 Å². The van der Waals surface area contributed by atoms with Gasteiger partial charge in [0.15, 0.2) is 5.13 Å². The van der Waals surface area contributed by atoms with Crippen LogP contribution in [0.2, 0.25) is 5.02 Å². The highest BCUT2D eigenvalue weighted by atomic mass is 35.5. The van der Waals surface area contributed by atoms with Crippen LogP contribution in [-0.2, 0) is 25.8 Å². The van der Waals surface area contributed by atoms with Gasteiger partial charge in [0.2, 0.25) is 10.0 Å². The predicted octanol–water partition coefficient (Wildman–Crippen LogP) is 3.54. The maximum absolute atomic E-state index is 12.3. The van der Waals surface area contributed by atoms with Gasteiger partial charge in [-0.2, -0.15) is 0 Å². The lowest BCUT2D eigenvalue weighted by atomic mass is 10.2. The fourth-order valence-electron chi connectivity index (χ4n) is 2.19. The Kier molecular flexibility index (Phi) is 5.70. The van der Waals surface area contributed by atoms with Crippen molar-refractivity contribution in [2.24, 2.45) is 0 Å². The van der Waals surface area contributed by atoms with Crippen molar-refractivity contribution in [2.75, 3.05) is 9.44 Å². The van der Waals surface area contributed by atoms with Crippen LogP contribution in [0.25, 0.3) is 0 Å². The third-order valence-corrected chi connectivity index (χ3v) is 7.17. The molecule has 0 saturated heterocycles. The number of halogens is 1. The number of nitrogens with zero attached hydrogens (tertiary/aromatic N) is 1. The number of rotatable bonds is 7. The molecule has 0 aliphatic rings. The molecule has 142 valence electrons. The Bertz CT molecular complexity index is 1130. The Morgan fingerprint density at radius 3 is 2.30 bits per heavy atom. The van der Waals surface area contributed by atoms with Crippen LogP contribution in [0, 0.1) is 0 Å². The van der Waals surface area contributed by atoms with Gasteiger partial charge in [-0.1, -0.05) is 29.8 Å². The van der Waals surface area contributed by atoms with Gasteiger partial charge in [-0.25, -0.2) is 21.8 Å². The summed E-state index contributed by atoms with van der Waals surface area (Å²) in [6.07, 6.45) is 1.49. The van der Waals surface area contributed by atoms with Crippen LogP contribution in [0.5, 0.6) is 0 Å². The molecule has 3 aromatic rings. The van der Waals surface area contributed by atoms with Gasteiger partial charge in [-0.3, -0.25) is 9.44 Å². The van der Waals surface area contributed by atoms with E-state index in [1.54, 1.807) is 29.6 Å². The van der Waals surface area contributed by atoms with E-state index in [9.17, 15) is 16.8 Å². The molecule has 0 atom stereocenters. The summed E-state index contributed by atoms with van der Waals surface area (Å²) in [5.74, 6) is -0.293. The number of anilines is 2. The lowest BCUT2D eigenvalue weighted by Crippen LogP contribution is -2.16. The van der Waals surface area contributed by atoms with E-state index < -0.39 is 20.0 Å². The Hall–Kier alpha value is -2.14. The number of thiazole rings is 1. The number of sulfonamides is 2. The summed E-state index contributed by atoms with van der Waals surface area (Å²) in [6, 6.07) is 12.0. The summed E-state index contributed by atoms with van der Waals surface area (Å²) in [5.41, 5.74) is 0.716. The van der Waals surface area contributed by atoms with Crippen LogP contribution in [0.1, 0.15) is 5.56 Å². The van der Waals surface area contributed by atoms with Crippen molar-refractivity contribution >= 4 is 53.8 Å². The minimum absolute atomic E-state index is 0.00764. The highest BCUT2D eigenvalue weighted by Crippen LogP contribution is 2.22. The third kappa shape index (κ3) is 5.19. The number of aromatic nitrogens is 1. The summed E-state index contributed by atoms with van der Waals surface area (Å²) in [5, 5.41) is 2.26. The number of hydrogen-bond acceptors (Lipinski definition) is 6. The molecule has 0 saturated carbocycles. The molecule has 2 aromatic carbocycles. The van der Waals surface area contributed by atoms with Crippen LogP contribution in [0.15, 0.2) is 65.0 Å². The normalized spacial score (nSPS) is 11.9. The molecule has 0 unspecified atom stereocenters. The Balaban J connectivity index is 1.72. The second kappa shape index (κ2) is 7.85. The van der Waals surface area contributed by atoms with Crippen molar-refractivity contribution in [1.82, 2.24) is 4.98 Å². The number of nitrogens with one attached hydrogen (secondary N) is 2. The predicted molar refractivity (Wildman–Crippen MR) is 107 cm³/mol. The number of hydrogen-bond donors (Lipinski definition) is 2. The zero-order valence-electron chi connectivity index (χ0n) is 13.7. The molecule has 0 radical (unpaired) electrons. The largest absolute Gasteiger partial charge is 0.283 e. The first kappa shape index (κ1) is 19.6. The van der Waals surface area contributed by atoms with E-state index >= 15 is 0 Å². The first-order valence-corrected chi connectivity index (χ1v) is 11.9. The van der Waals surface area contributed by atoms with Gasteiger partial charge in [-0.05, 0) is 35.9 Å². The number of benzene rings is 2. The molecule has 0 amide bonds. The standard InChI is InChI=1S/C16H14ClN3O4S3/c17-15-4-2-1-3-12(15)11-26(21,22)19-13-5-7-14(8-6-13)27(23,24)20-16-18-9-10-25-16/h1-10,19H,11H2,(H,18,20). The SMILES string of the molecule is O=S(=O)(Cc1ccccc1Cl)Nc1ccc(S(=O)(=O)Nc2nccs2)cc1. The molecule has 0 aliphatic carbocycles. The van der Waals surface area contributed by atoms with E-state index in [1.165, 1.54) is 30.5 Å². The molecule has 27 heavy (non-hydrogen) atoms. The minimum Gasteiger partial charge on any atom is -0.283 e. The fourth-order valence-corrected chi connectivity index (χ4v) is 5.48. The Morgan fingerprint density at radius 2 is 1.67 bits per heavy atom. The van der Waals surface area contributed by atoms with Gasteiger partial charge in [0.05, 0.1) is 10.6 Å². The van der Waals surface area contributed by atoms with Crippen molar-refractivity contribution in [2.45, 2.75) is 10.6 Å². The average Bonchev–Trinajstić information content (AvgIpc) is 3.09. The molecule has 2 N–H and O–H groups in total. The second-order valence-electron chi connectivity index (χ2n) is 5.42. The molecular formula is C16H14ClN3O4S3. The molecule has 3 rings (SSSR count). The van der Waals surface area contributed by atoms with Gasteiger partial charge >= 0.3 is 0 Å². The molecule has 1 heterocycles. The van der Waals surface area contributed by atoms with E-state index in [4.69, 9.17) is 11.6 Å². The molecule has 0 spiro atoms. The molecule has 0 bridgehead atoms. The van der Waals surface area contributed by atoms with Crippen LogP contribution < -0.4 is 9.44 Å². The lowest BCUT2D eigenvalue weighted by molar-refractivity contribution is 0.599. The monoisotopic (exact) mass is 443 g/mol. The average molecular weight is 444 g/mol. The minimum atomic E-state index is -3.79. The van der Waals surface area contributed by atoms with Gasteiger partial charge in [0.25, 0.3) is 10.0 Å². The molecule has 1 aromatic heterocycles. The molecular weight excluding hydrogens is 430 g/mol. The smallest absolute Gasteiger partial charge is 0.263 e. The zero-order valence-corrected chi connectivity index (χ0v) is 16.9. The van der Waals surface area contributed by atoms with E-state index in [1.807, 2.05) is 0 Å². The first-order chi connectivity index (χ1) is 12.8. The summed E-state index contributed by atoms with van der Waals surface area (Å²) in [6.45, 7) is 0. The summed E-state index contributed by atoms with van der Waals surface area (Å²) >= 11 is 7.15. The quantitative estimate of drug-likeness (QED) is 0.581. The van der Waals surface area contributed by atoms with E-state index in [0.29, 0.717) is 10.6 Å². The topological polar surface area (TPSA) is 105 Å². The molecule has 7 nitrogen and oxygen atoms in total. The van der Waals surface area contributed by atoms with Crippen LogP contribution >= 0.6 is 22.9 Å². The van der Waals surface area contributed by atoms with Crippen molar-refractivity contribution in [3.05, 3.63) is 70.7 Å². The van der Waals surface area contributed by atoms with E-state index in [2.05, 4.69) is 14.4 Å². The highest BCUT2D eigenvalue weighted by Gasteiger charge is 2.17. The molecule has 0 aliphatic heterocycles. The summed E-state index contributed by atoms with van der Waals surface area (Å²) in [4.78, 5) is 3.86. The maximum atomic E-state index is 12.3. The van der Waals surface area contributed by atoms with Crippen LogP contribution in [0.3, 0.4) is 0 Å². The lowest BCUT2D eigenvalue weighted by Gasteiger charge is -2.10. The second-order valence-corrected chi connectivity index (χ2v) is 10.1. The summed E-state index contributed by atoms with van der Waals surface area (Å²) < 4.78 is 53.9. The first-order valence-electron chi connectivity index (χ1n) is 7.51. The molecule has 11 heteroatoms. The van der Waals surface area contributed by atoms with Crippen LogP contribution in [0.4, 0.5) is 10.8 Å². The van der Waals surface area contributed by atoms with Crippen molar-refractivity contribution in [3.63, 3.8) is 0 Å². The third-order valence-electron chi connectivity index (χ3n) is 3.40. The van der Waals surface area contributed by atoms with Crippen molar-refractivity contribution in [1.29, 1.82) is 0 Å². The van der Waals surface area contributed by atoms with Crippen molar-refractivity contribution < 1.29 is 16.8 Å². The molecule has 0 fully saturated rings.